The first-order valence-electron chi connectivity index (χ1n) is 4.96. The molecule has 0 spiro atoms. The first-order valence-corrected chi connectivity index (χ1v) is 6.44. The summed E-state index contributed by atoms with van der Waals surface area (Å²) in [5.41, 5.74) is 4.74. The molecule has 0 saturated carbocycles. The Morgan fingerprint density at radius 2 is 1.63 bits per heavy atom. The van der Waals surface area contributed by atoms with E-state index in [1.807, 2.05) is 0 Å². The molecule has 0 saturated heterocycles. The molecule has 3 N–H and O–H groups in total. The van der Waals surface area contributed by atoms with Gasteiger partial charge in [0.25, 0.3) is 0 Å². The third-order valence-electron chi connectivity index (χ3n) is 1.99. The molecule has 4 nitrogen and oxygen atoms in total. The van der Waals surface area contributed by atoms with Crippen LogP contribution in [0, 0.1) is 17.5 Å². The van der Waals surface area contributed by atoms with E-state index in [-0.39, 0.29) is 19.0 Å². The highest BCUT2D eigenvalue weighted by molar-refractivity contribution is 7.89. The van der Waals surface area contributed by atoms with Crippen molar-refractivity contribution >= 4 is 22.4 Å². The second-order valence-electron chi connectivity index (χ2n) is 4.51. The highest BCUT2D eigenvalue weighted by Crippen LogP contribution is 2.17. The van der Waals surface area contributed by atoms with E-state index in [2.05, 4.69) is 4.72 Å². The van der Waals surface area contributed by atoms with Crippen LogP contribution in [0.25, 0.3) is 0 Å². The average Bonchev–Trinajstić information content (AvgIpc) is 2.21. The number of hydrogen-bond donors (Lipinski definition) is 2. The van der Waals surface area contributed by atoms with Gasteiger partial charge in [-0.05, 0) is 26.0 Å². The van der Waals surface area contributed by atoms with Crippen LogP contribution in [0.5, 0.6) is 0 Å². The van der Waals surface area contributed by atoms with Crippen molar-refractivity contribution in [2.24, 2.45) is 5.73 Å². The highest BCUT2D eigenvalue weighted by Gasteiger charge is 2.22. The third-order valence-corrected chi connectivity index (χ3v) is 3.37. The third kappa shape index (κ3) is 4.98. The molecule has 0 aromatic heterocycles. The molecule has 0 radical (unpaired) electrons. The van der Waals surface area contributed by atoms with Crippen molar-refractivity contribution in [3.63, 3.8) is 0 Å². The fraction of sp³-hybridized carbons (Fsp3) is 0.400. The quantitative estimate of drug-likeness (QED) is 0.827. The Bertz CT molecular complexity index is 535. The van der Waals surface area contributed by atoms with E-state index >= 15 is 0 Å². The summed E-state index contributed by atoms with van der Waals surface area (Å²) >= 11 is 0. The molecule has 0 bridgehead atoms. The summed E-state index contributed by atoms with van der Waals surface area (Å²) in [6.45, 7) is 3.01. The maximum absolute atomic E-state index is 12.9. The van der Waals surface area contributed by atoms with Crippen LogP contribution in [0.4, 0.5) is 13.2 Å². The van der Waals surface area contributed by atoms with Gasteiger partial charge in [-0.1, -0.05) is 0 Å². The Morgan fingerprint density at radius 1 is 1.21 bits per heavy atom. The summed E-state index contributed by atoms with van der Waals surface area (Å²) in [6, 6.07) is 0.814. The van der Waals surface area contributed by atoms with E-state index in [1.165, 1.54) is 0 Å². The SMILES string of the molecule is CC(C)(N)CNS(=O)(=O)c1cc(F)c(F)c(F)c1.Cl. The maximum atomic E-state index is 12.9. The lowest BCUT2D eigenvalue weighted by molar-refractivity contribution is 0.441. The first-order chi connectivity index (χ1) is 8.03. The Hall–Kier alpha value is -0.830. The van der Waals surface area contributed by atoms with Gasteiger partial charge in [0.1, 0.15) is 0 Å². The molecule has 1 rings (SSSR count). The van der Waals surface area contributed by atoms with Crippen LogP contribution in [0.2, 0.25) is 0 Å². The van der Waals surface area contributed by atoms with E-state index in [4.69, 9.17) is 5.73 Å². The van der Waals surface area contributed by atoms with Crippen molar-refractivity contribution in [3.05, 3.63) is 29.6 Å². The summed E-state index contributed by atoms with van der Waals surface area (Å²) in [4.78, 5) is -0.692. The molecule has 110 valence electrons. The van der Waals surface area contributed by atoms with Crippen molar-refractivity contribution < 1.29 is 21.6 Å². The van der Waals surface area contributed by atoms with Gasteiger partial charge in [0.05, 0.1) is 4.90 Å². The monoisotopic (exact) mass is 318 g/mol. The summed E-state index contributed by atoms with van der Waals surface area (Å²) in [5, 5.41) is 0. The largest absolute Gasteiger partial charge is 0.324 e. The highest BCUT2D eigenvalue weighted by atomic mass is 35.5. The van der Waals surface area contributed by atoms with Crippen molar-refractivity contribution in [2.75, 3.05) is 6.54 Å². The molecule has 19 heavy (non-hydrogen) atoms. The Morgan fingerprint density at radius 3 is 2.00 bits per heavy atom. The topological polar surface area (TPSA) is 72.2 Å². The van der Waals surface area contributed by atoms with E-state index in [0.717, 1.165) is 0 Å². The van der Waals surface area contributed by atoms with Gasteiger partial charge in [-0.15, -0.1) is 12.4 Å². The van der Waals surface area contributed by atoms with E-state index in [1.54, 1.807) is 13.8 Å². The minimum absolute atomic E-state index is 0. The van der Waals surface area contributed by atoms with Crippen molar-refractivity contribution in [1.82, 2.24) is 4.72 Å². The molecule has 9 heteroatoms. The summed E-state index contributed by atoms with van der Waals surface area (Å²) < 4.78 is 63.9. The van der Waals surface area contributed by atoms with Gasteiger partial charge in [-0.2, -0.15) is 0 Å². The zero-order valence-electron chi connectivity index (χ0n) is 10.2. The summed E-state index contributed by atoms with van der Waals surface area (Å²) in [5.74, 6) is -4.85. The number of nitrogens with two attached hydrogens (primary N) is 1. The molecular weight excluding hydrogens is 305 g/mol. The van der Waals surface area contributed by atoms with Gasteiger partial charge < -0.3 is 5.73 Å². The number of hydrogen-bond acceptors (Lipinski definition) is 3. The van der Waals surface area contributed by atoms with Crippen LogP contribution < -0.4 is 10.5 Å². The van der Waals surface area contributed by atoms with Crippen molar-refractivity contribution in [3.8, 4) is 0 Å². The minimum atomic E-state index is -4.13. The summed E-state index contributed by atoms with van der Waals surface area (Å²) in [6.07, 6.45) is 0. The Kier molecular flexibility index (Phi) is 5.82. The summed E-state index contributed by atoms with van der Waals surface area (Å²) in [7, 11) is -4.13. The smallest absolute Gasteiger partial charge is 0.240 e. The second-order valence-corrected chi connectivity index (χ2v) is 6.28. The van der Waals surface area contributed by atoms with Crippen LogP contribution in [0.1, 0.15) is 13.8 Å². The molecule has 0 aliphatic heterocycles. The normalized spacial score (nSPS) is 12.1. The fourth-order valence-corrected chi connectivity index (χ4v) is 2.30. The van der Waals surface area contributed by atoms with Gasteiger partial charge >= 0.3 is 0 Å². The molecule has 0 fully saturated rings. The van der Waals surface area contributed by atoms with Gasteiger partial charge in [0.15, 0.2) is 17.5 Å². The molecule has 0 aliphatic rings. The number of sulfonamides is 1. The molecule has 0 amide bonds. The number of nitrogens with one attached hydrogen (secondary N) is 1. The Balaban J connectivity index is 0.00000324. The lowest BCUT2D eigenvalue weighted by Crippen LogP contribution is -2.45. The second kappa shape index (κ2) is 6.08. The van der Waals surface area contributed by atoms with Gasteiger partial charge in [-0.25, -0.2) is 26.3 Å². The molecule has 0 atom stereocenters. The van der Waals surface area contributed by atoms with E-state index < -0.39 is 37.9 Å². The van der Waals surface area contributed by atoms with Gasteiger partial charge in [-0.3, -0.25) is 0 Å². The molecule has 0 unspecified atom stereocenters. The molecule has 0 aliphatic carbocycles. The fourth-order valence-electron chi connectivity index (χ4n) is 1.05. The minimum Gasteiger partial charge on any atom is -0.324 e. The van der Waals surface area contributed by atoms with Gasteiger partial charge in [0.2, 0.25) is 10.0 Å². The lowest BCUT2D eigenvalue weighted by atomic mass is 10.1. The molecule has 1 aromatic carbocycles. The van der Waals surface area contributed by atoms with Crippen LogP contribution in [0.3, 0.4) is 0 Å². The van der Waals surface area contributed by atoms with Crippen LogP contribution in [-0.4, -0.2) is 20.5 Å². The van der Waals surface area contributed by atoms with E-state index in [0.29, 0.717) is 12.1 Å². The molecular formula is C10H14ClF3N2O2S. The molecule has 0 heterocycles. The standard InChI is InChI=1S/C10H13F3N2O2S.ClH/c1-10(2,14)5-15-18(16,17)6-3-7(11)9(13)8(12)4-6;/h3-4,15H,5,14H2,1-2H3;1H. The number of halogens is 4. The first kappa shape index (κ1) is 18.2. The van der Waals surface area contributed by atoms with Crippen LogP contribution in [-0.2, 0) is 10.0 Å². The number of benzene rings is 1. The zero-order valence-corrected chi connectivity index (χ0v) is 11.8. The maximum Gasteiger partial charge on any atom is 0.240 e. The lowest BCUT2D eigenvalue weighted by Gasteiger charge is -2.19. The average molecular weight is 319 g/mol. The van der Waals surface area contributed by atoms with E-state index in [9.17, 15) is 21.6 Å². The predicted molar refractivity (Wildman–Crippen MR) is 67.0 cm³/mol. The number of rotatable bonds is 4. The predicted octanol–water partition coefficient (Wildman–Crippen LogP) is 1.54. The zero-order chi connectivity index (χ0) is 14.1. The van der Waals surface area contributed by atoms with Crippen LogP contribution >= 0.6 is 12.4 Å². The molecule has 1 aromatic rings. The van der Waals surface area contributed by atoms with Gasteiger partial charge in [0, 0.05) is 12.1 Å². The Labute approximate surface area is 115 Å². The van der Waals surface area contributed by atoms with Crippen molar-refractivity contribution in [2.45, 2.75) is 24.3 Å². The van der Waals surface area contributed by atoms with Crippen molar-refractivity contribution in [1.29, 1.82) is 0 Å². The van der Waals surface area contributed by atoms with Crippen LogP contribution in [0.15, 0.2) is 17.0 Å².